The lowest BCUT2D eigenvalue weighted by atomic mass is 9.98. The second-order valence-electron chi connectivity index (χ2n) is 6.22. The van der Waals surface area contributed by atoms with Gasteiger partial charge in [0.1, 0.15) is 0 Å². The van der Waals surface area contributed by atoms with Gasteiger partial charge in [-0.25, -0.2) is 4.99 Å². The zero-order valence-electron chi connectivity index (χ0n) is 14.1. The van der Waals surface area contributed by atoms with E-state index in [2.05, 4.69) is 58.8 Å². The number of thiophene rings is 1. The van der Waals surface area contributed by atoms with Crippen LogP contribution in [0.4, 0.5) is 0 Å². The van der Waals surface area contributed by atoms with E-state index in [9.17, 15) is 0 Å². The Labute approximate surface area is 139 Å². The van der Waals surface area contributed by atoms with Crippen LogP contribution in [-0.2, 0) is 6.54 Å². The van der Waals surface area contributed by atoms with Crippen LogP contribution in [0.3, 0.4) is 0 Å². The Morgan fingerprint density at radius 3 is 2.82 bits per heavy atom. The maximum Gasteiger partial charge on any atom is 0.191 e. The van der Waals surface area contributed by atoms with E-state index in [1.165, 1.54) is 30.8 Å². The summed E-state index contributed by atoms with van der Waals surface area (Å²) in [6.07, 6.45) is 2.66. The van der Waals surface area contributed by atoms with E-state index < -0.39 is 0 Å². The van der Waals surface area contributed by atoms with Crippen molar-refractivity contribution >= 4 is 17.3 Å². The number of rotatable bonds is 6. The minimum Gasteiger partial charge on any atom is -0.357 e. The molecule has 2 N–H and O–H groups in total. The van der Waals surface area contributed by atoms with Gasteiger partial charge in [0, 0.05) is 24.0 Å². The van der Waals surface area contributed by atoms with E-state index in [-0.39, 0.29) is 0 Å². The van der Waals surface area contributed by atoms with Gasteiger partial charge in [-0.2, -0.15) is 0 Å². The van der Waals surface area contributed by atoms with Gasteiger partial charge in [-0.15, -0.1) is 11.3 Å². The SMILES string of the molecule is CCNC(=NCc1cccs1)NCC(C)N1CCC(C)CC1. The number of guanidine groups is 1. The van der Waals surface area contributed by atoms with Crippen molar-refractivity contribution in [1.29, 1.82) is 0 Å². The molecule has 0 amide bonds. The first-order chi connectivity index (χ1) is 10.7. The Bertz CT molecular complexity index is 436. The summed E-state index contributed by atoms with van der Waals surface area (Å²) >= 11 is 1.76. The fourth-order valence-electron chi connectivity index (χ4n) is 2.74. The Morgan fingerprint density at radius 1 is 1.41 bits per heavy atom. The summed E-state index contributed by atoms with van der Waals surface area (Å²) < 4.78 is 0. The van der Waals surface area contributed by atoms with E-state index in [1.807, 2.05) is 0 Å². The lowest BCUT2D eigenvalue weighted by molar-refractivity contribution is 0.147. The van der Waals surface area contributed by atoms with Crippen molar-refractivity contribution < 1.29 is 0 Å². The summed E-state index contributed by atoms with van der Waals surface area (Å²) in [4.78, 5) is 8.57. The van der Waals surface area contributed by atoms with Crippen LogP contribution in [0.2, 0.25) is 0 Å². The van der Waals surface area contributed by atoms with Gasteiger partial charge in [0.25, 0.3) is 0 Å². The third-order valence-corrected chi connectivity index (χ3v) is 5.18. The molecular weight excluding hydrogens is 292 g/mol. The first kappa shape index (κ1) is 17.3. The highest BCUT2D eigenvalue weighted by Crippen LogP contribution is 2.17. The van der Waals surface area contributed by atoms with Crippen molar-refractivity contribution in [3.63, 3.8) is 0 Å². The van der Waals surface area contributed by atoms with Crippen LogP contribution >= 0.6 is 11.3 Å². The normalized spacial score (nSPS) is 19.1. The largest absolute Gasteiger partial charge is 0.357 e. The fraction of sp³-hybridized carbons (Fsp3) is 0.706. The minimum absolute atomic E-state index is 0.554. The molecule has 2 rings (SSSR count). The zero-order chi connectivity index (χ0) is 15.8. The van der Waals surface area contributed by atoms with Crippen LogP contribution in [0.5, 0.6) is 0 Å². The topological polar surface area (TPSA) is 39.7 Å². The number of piperidine rings is 1. The Balaban J connectivity index is 1.79. The van der Waals surface area contributed by atoms with Crippen LogP contribution < -0.4 is 10.6 Å². The molecule has 124 valence electrons. The van der Waals surface area contributed by atoms with Crippen LogP contribution in [-0.4, -0.2) is 43.1 Å². The molecule has 1 saturated heterocycles. The predicted molar refractivity (Wildman–Crippen MR) is 96.6 cm³/mol. The van der Waals surface area contributed by atoms with Gasteiger partial charge in [-0.05, 0) is 57.1 Å². The molecule has 4 nitrogen and oxygen atoms in total. The zero-order valence-corrected chi connectivity index (χ0v) is 15.0. The first-order valence-corrected chi connectivity index (χ1v) is 9.35. The third kappa shape index (κ3) is 5.61. The van der Waals surface area contributed by atoms with E-state index in [0.29, 0.717) is 6.04 Å². The molecule has 0 aromatic carbocycles. The predicted octanol–water partition coefficient (Wildman–Crippen LogP) is 2.92. The Morgan fingerprint density at radius 2 is 2.18 bits per heavy atom. The van der Waals surface area contributed by atoms with Crippen molar-refractivity contribution in [3.05, 3.63) is 22.4 Å². The molecule has 0 spiro atoms. The van der Waals surface area contributed by atoms with Crippen molar-refractivity contribution in [2.24, 2.45) is 10.9 Å². The number of nitrogens with one attached hydrogen (secondary N) is 2. The molecule has 1 aromatic heterocycles. The molecule has 1 aliphatic rings. The number of aliphatic imine (C=N–C) groups is 1. The molecule has 0 aliphatic carbocycles. The monoisotopic (exact) mass is 322 g/mol. The quantitative estimate of drug-likeness (QED) is 0.625. The van der Waals surface area contributed by atoms with E-state index in [0.717, 1.165) is 31.5 Å². The lowest BCUT2D eigenvalue weighted by Crippen LogP contribution is -2.48. The molecule has 2 heterocycles. The van der Waals surface area contributed by atoms with Crippen LogP contribution in [0, 0.1) is 5.92 Å². The van der Waals surface area contributed by atoms with Crippen molar-refractivity contribution in [2.75, 3.05) is 26.2 Å². The van der Waals surface area contributed by atoms with E-state index >= 15 is 0 Å². The molecule has 1 unspecified atom stereocenters. The molecule has 5 heteroatoms. The molecule has 1 atom stereocenters. The summed E-state index contributed by atoms with van der Waals surface area (Å²) in [6.45, 7) is 11.8. The average Bonchev–Trinajstić information content (AvgIpc) is 3.04. The highest BCUT2D eigenvalue weighted by molar-refractivity contribution is 7.09. The van der Waals surface area contributed by atoms with Crippen molar-refractivity contribution in [3.8, 4) is 0 Å². The summed E-state index contributed by atoms with van der Waals surface area (Å²) in [5.74, 6) is 1.81. The number of hydrogen-bond donors (Lipinski definition) is 2. The maximum absolute atomic E-state index is 4.67. The second-order valence-corrected chi connectivity index (χ2v) is 7.26. The number of likely N-dealkylation sites (tertiary alicyclic amines) is 1. The molecule has 1 fully saturated rings. The van der Waals surface area contributed by atoms with Gasteiger partial charge >= 0.3 is 0 Å². The minimum atomic E-state index is 0.554. The summed E-state index contributed by atoms with van der Waals surface area (Å²) in [5, 5.41) is 8.93. The van der Waals surface area contributed by atoms with Crippen LogP contribution in [0.15, 0.2) is 22.5 Å². The Kier molecular flexibility index (Phi) is 7.19. The number of nitrogens with zero attached hydrogens (tertiary/aromatic N) is 2. The highest BCUT2D eigenvalue weighted by Gasteiger charge is 2.20. The van der Waals surface area contributed by atoms with Gasteiger partial charge in [-0.3, -0.25) is 4.90 Å². The fourth-order valence-corrected chi connectivity index (χ4v) is 3.37. The van der Waals surface area contributed by atoms with E-state index in [4.69, 9.17) is 0 Å². The standard InChI is InChI=1S/C17H30N4S/c1-4-18-17(20-13-16-6-5-11-22-16)19-12-15(3)21-9-7-14(2)8-10-21/h5-6,11,14-15H,4,7-10,12-13H2,1-3H3,(H2,18,19,20). The molecule has 1 aromatic rings. The number of hydrogen-bond acceptors (Lipinski definition) is 3. The van der Waals surface area contributed by atoms with Crippen molar-refractivity contribution in [1.82, 2.24) is 15.5 Å². The third-order valence-electron chi connectivity index (χ3n) is 4.32. The lowest BCUT2D eigenvalue weighted by Gasteiger charge is -2.35. The Hall–Kier alpha value is -1.07. The van der Waals surface area contributed by atoms with Gasteiger partial charge in [0.05, 0.1) is 6.54 Å². The summed E-state index contributed by atoms with van der Waals surface area (Å²) in [5.41, 5.74) is 0. The van der Waals surface area contributed by atoms with Gasteiger partial charge in [0.15, 0.2) is 5.96 Å². The van der Waals surface area contributed by atoms with Crippen molar-refractivity contribution in [2.45, 2.75) is 46.2 Å². The molecular formula is C17H30N4S. The molecule has 22 heavy (non-hydrogen) atoms. The summed E-state index contributed by atoms with van der Waals surface area (Å²) in [7, 11) is 0. The van der Waals surface area contributed by atoms with Gasteiger partial charge < -0.3 is 10.6 Å². The molecule has 0 radical (unpaired) electrons. The first-order valence-electron chi connectivity index (χ1n) is 8.47. The second kappa shape index (κ2) is 9.16. The average molecular weight is 323 g/mol. The van der Waals surface area contributed by atoms with Crippen LogP contribution in [0.25, 0.3) is 0 Å². The van der Waals surface area contributed by atoms with Gasteiger partial charge in [-0.1, -0.05) is 13.0 Å². The molecule has 0 saturated carbocycles. The molecule has 0 bridgehead atoms. The van der Waals surface area contributed by atoms with E-state index in [1.54, 1.807) is 11.3 Å². The van der Waals surface area contributed by atoms with Crippen LogP contribution in [0.1, 0.15) is 38.5 Å². The maximum atomic E-state index is 4.67. The van der Waals surface area contributed by atoms with Gasteiger partial charge in [0.2, 0.25) is 0 Å². The smallest absolute Gasteiger partial charge is 0.191 e. The highest BCUT2D eigenvalue weighted by atomic mass is 32.1. The summed E-state index contributed by atoms with van der Waals surface area (Å²) in [6, 6.07) is 4.77. The molecule has 1 aliphatic heterocycles.